The van der Waals surface area contributed by atoms with Gasteiger partial charge in [-0.05, 0) is 23.6 Å². The van der Waals surface area contributed by atoms with E-state index in [1.807, 2.05) is 0 Å². The van der Waals surface area contributed by atoms with Crippen LogP contribution in [0.25, 0.3) is 0 Å². The van der Waals surface area contributed by atoms with Gasteiger partial charge in [0, 0.05) is 6.42 Å². The van der Waals surface area contributed by atoms with Crippen LogP contribution in [0, 0.1) is 5.92 Å². The maximum absolute atomic E-state index is 12.1. The summed E-state index contributed by atoms with van der Waals surface area (Å²) in [6.07, 6.45) is -4.30. The van der Waals surface area contributed by atoms with Crippen molar-refractivity contribution in [2.24, 2.45) is 10.9 Å². The third kappa shape index (κ3) is 4.15. The minimum atomic E-state index is -4.68. The molecule has 1 heterocycles. The van der Waals surface area contributed by atoms with Crippen LogP contribution >= 0.6 is 0 Å². The van der Waals surface area contributed by atoms with Gasteiger partial charge in [-0.3, -0.25) is 0 Å². The molecule has 0 N–H and O–H groups in total. The van der Waals surface area contributed by atoms with Gasteiger partial charge in [-0.2, -0.15) is 0 Å². The van der Waals surface area contributed by atoms with Crippen LogP contribution in [0.2, 0.25) is 0 Å². The van der Waals surface area contributed by atoms with Crippen molar-refractivity contribution in [3.8, 4) is 5.75 Å². The molecular formula is C14H16F3NO2. The Bertz CT molecular complexity index is 497. The number of ether oxygens (including phenoxy) is 2. The first-order valence-electron chi connectivity index (χ1n) is 6.37. The van der Waals surface area contributed by atoms with Crippen LogP contribution in [0.15, 0.2) is 29.3 Å². The molecule has 0 aromatic heterocycles. The molecule has 20 heavy (non-hydrogen) atoms. The molecular weight excluding hydrogens is 271 g/mol. The van der Waals surface area contributed by atoms with Gasteiger partial charge in [0.15, 0.2) is 5.90 Å². The normalized spacial score (nSPS) is 18.9. The molecule has 2 rings (SSSR count). The van der Waals surface area contributed by atoms with Crippen molar-refractivity contribution in [3.05, 3.63) is 29.8 Å². The van der Waals surface area contributed by atoms with Gasteiger partial charge >= 0.3 is 6.36 Å². The molecule has 1 unspecified atom stereocenters. The molecule has 1 aromatic carbocycles. The first kappa shape index (κ1) is 14.7. The number of hydrogen-bond acceptors (Lipinski definition) is 3. The lowest BCUT2D eigenvalue weighted by Gasteiger charge is -2.09. The Morgan fingerprint density at radius 3 is 2.75 bits per heavy atom. The highest BCUT2D eigenvalue weighted by Gasteiger charge is 2.31. The zero-order valence-corrected chi connectivity index (χ0v) is 11.3. The Hall–Kier alpha value is -1.72. The molecule has 0 radical (unpaired) electrons. The zero-order valence-electron chi connectivity index (χ0n) is 11.3. The highest BCUT2D eigenvalue weighted by molar-refractivity contribution is 5.80. The third-order valence-electron chi connectivity index (χ3n) is 2.99. The molecule has 0 aliphatic carbocycles. The maximum Gasteiger partial charge on any atom is 0.573 e. The van der Waals surface area contributed by atoms with Crippen molar-refractivity contribution in [3.63, 3.8) is 0 Å². The van der Waals surface area contributed by atoms with Crippen molar-refractivity contribution < 1.29 is 22.6 Å². The first-order valence-corrected chi connectivity index (χ1v) is 6.37. The average molecular weight is 287 g/mol. The van der Waals surface area contributed by atoms with Crippen LogP contribution < -0.4 is 4.74 Å². The van der Waals surface area contributed by atoms with Crippen molar-refractivity contribution in [1.29, 1.82) is 0 Å². The van der Waals surface area contributed by atoms with E-state index in [1.165, 1.54) is 18.2 Å². The SMILES string of the molecule is CC(C)C1COC(Cc2cccc(OC(F)(F)F)c2)=N1. The lowest BCUT2D eigenvalue weighted by Crippen LogP contribution is -2.17. The fourth-order valence-corrected chi connectivity index (χ4v) is 1.91. The van der Waals surface area contributed by atoms with E-state index < -0.39 is 6.36 Å². The zero-order chi connectivity index (χ0) is 14.8. The predicted molar refractivity (Wildman–Crippen MR) is 68.8 cm³/mol. The molecule has 1 aliphatic rings. The number of hydrogen-bond donors (Lipinski definition) is 0. The summed E-state index contributed by atoms with van der Waals surface area (Å²) in [5, 5.41) is 0. The topological polar surface area (TPSA) is 30.8 Å². The molecule has 110 valence electrons. The lowest BCUT2D eigenvalue weighted by molar-refractivity contribution is -0.274. The third-order valence-corrected chi connectivity index (χ3v) is 2.99. The number of rotatable bonds is 4. The monoisotopic (exact) mass is 287 g/mol. The van der Waals surface area contributed by atoms with Crippen molar-refractivity contribution in [2.75, 3.05) is 6.61 Å². The number of halogens is 3. The molecule has 0 amide bonds. The van der Waals surface area contributed by atoms with Gasteiger partial charge in [-0.1, -0.05) is 26.0 Å². The van der Waals surface area contributed by atoms with E-state index in [9.17, 15) is 13.2 Å². The molecule has 0 fully saturated rings. The summed E-state index contributed by atoms with van der Waals surface area (Å²) >= 11 is 0. The Balaban J connectivity index is 2.04. The summed E-state index contributed by atoms with van der Waals surface area (Å²) in [7, 11) is 0. The minimum Gasteiger partial charge on any atom is -0.478 e. The minimum absolute atomic E-state index is 0.125. The number of aliphatic imine (C=N–C) groups is 1. The summed E-state index contributed by atoms with van der Waals surface area (Å²) in [6.45, 7) is 4.64. The lowest BCUT2D eigenvalue weighted by atomic mass is 10.1. The van der Waals surface area contributed by atoms with E-state index >= 15 is 0 Å². The van der Waals surface area contributed by atoms with E-state index in [-0.39, 0.29) is 11.8 Å². The molecule has 0 bridgehead atoms. The van der Waals surface area contributed by atoms with Gasteiger partial charge in [0.25, 0.3) is 0 Å². The number of nitrogens with zero attached hydrogens (tertiary/aromatic N) is 1. The van der Waals surface area contributed by atoms with Crippen LogP contribution in [0.3, 0.4) is 0 Å². The summed E-state index contributed by atoms with van der Waals surface area (Å²) in [5.74, 6) is 0.717. The second kappa shape index (κ2) is 5.73. The summed E-state index contributed by atoms with van der Waals surface area (Å²) < 4.78 is 45.8. The Kier molecular flexibility index (Phi) is 4.20. The van der Waals surface area contributed by atoms with Gasteiger partial charge < -0.3 is 9.47 Å². The fraction of sp³-hybridized carbons (Fsp3) is 0.500. The molecule has 0 spiro atoms. The first-order chi connectivity index (χ1) is 9.33. The maximum atomic E-state index is 12.1. The van der Waals surface area contributed by atoms with Gasteiger partial charge in [-0.25, -0.2) is 4.99 Å². The van der Waals surface area contributed by atoms with E-state index in [1.54, 1.807) is 6.07 Å². The van der Waals surface area contributed by atoms with Gasteiger partial charge in [0.1, 0.15) is 12.4 Å². The predicted octanol–water partition coefficient (Wildman–Crippen LogP) is 3.58. The van der Waals surface area contributed by atoms with E-state index in [2.05, 4.69) is 23.6 Å². The van der Waals surface area contributed by atoms with Crippen molar-refractivity contribution in [2.45, 2.75) is 32.7 Å². The Morgan fingerprint density at radius 1 is 1.40 bits per heavy atom. The second-order valence-electron chi connectivity index (χ2n) is 5.02. The summed E-state index contributed by atoms with van der Waals surface area (Å²) in [5.41, 5.74) is 0.676. The molecule has 1 aliphatic heterocycles. The molecule has 1 aromatic rings. The molecule has 6 heteroatoms. The standard InChI is InChI=1S/C14H16F3NO2/c1-9(2)12-8-19-13(18-12)7-10-4-3-5-11(6-10)20-14(15,16)17/h3-6,9,12H,7-8H2,1-2H3. The van der Waals surface area contributed by atoms with E-state index in [0.29, 0.717) is 30.4 Å². The number of alkyl halides is 3. The Labute approximate surface area is 115 Å². The second-order valence-corrected chi connectivity index (χ2v) is 5.02. The quantitative estimate of drug-likeness (QED) is 0.847. The van der Waals surface area contributed by atoms with Gasteiger partial charge in [0.05, 0.1) is 6.04 Å². The van der Waals surface area contributed by atoms with E-state index in [0.717, 1.165) is 0 Å². The Morgan fingerprint density at radius 2 is 2.15 bits per heavy atom. The van der Waals surface area contributed by atoms with Gasteiger partial charge in [0.2, 0.25) is 0 Å². The van der Waals surface area contributed by atoms with Crippen molar-refractivity contribution in [1.82, 2.24) is 0 Å². The highest BCUT2D eigenvalue weighted by atomic mass is 19.4. The van der Waals surface area contributed by atoms with Crippen LogP contribution in [-0.4, -0.2) is 24.9 Å². The summed E-state index contributed by atoms with van der Waals surface area (Å²) in [6, 6.07) is 5.98. The molecule has 3 nitrogen and oxygen atoms in total. The molecule has 1 atom stereocenters. The fourth-order valence-electron chi connectivity index (χ4n) is 1.91. The summed E-state index contributed by atoms with van der Waals surface area (Å²) in [4.78, 5) is 4.42. The van der Waals surface area contributed by atoms with E-state index in [4.69, 9.17) is 4.74 Å². The van der Waals surface area contributed by atoms with Crippen LogP contribution in [0.1, 0.15) is 19.4 Å². The van der Waals surface area contributed by atoms with Gasteiger partial charge in [-0.15, -0.1) is 13.2 Å². The molecule has 0 saturated heterocycles. The van der Waals surface area contributed by atoms with Crippen LogP contribution in [0.4, 0.5) is 13.2 Å². The highest BCUT2D eigenvalue weighted by Crippen LogP contribution is 2.24. The average Bonchev–Trinajstić information content (AvgIpc) is 2.75. The van der Waals surface area contributed by atoms with Crippen LogP contribution in [0.5, 0.6) is 5.75 Å². The largest absolute Gasteiger partial charge is 0.573 e. The van der Waals surface area contributed by atoms with Crippen LogP contribution in [-0.2, 0) is 11.2 Å². The van der Waals surface area contributed by atoms with Crippen molar-refractivity contribution >= 4 is 5.90 Å². The smallest absolute Gasteiger partial charge is 0.478 e. The number of benzene rings is 1. The molecule has 0 saturated carbocycles.